The summed E-state index contributed by atoms with van der Waals surface area (Å²) in [7, 11) is 0. The van der Waals surface area contributed by atoms with Crippen LogP contribution in [0, 0.1) is 5.92 Å². The topological polar surface area (TPSA) is 17.1 Å². The Bertz CT molecular complexity index is 389. The SMILES string of the molecule is O=C1CCC(Cc2cc(Cl)ccc2Br)C1. The van der Waals surface area contributed by atoms with Crippen molar-refractivity contribution >= 4 is 33.3 Å². The van der Waals surface area contributed by atoms with Gasteiger partial charge in [0.2, 0.25) is 0 Å². The first-order chi connectivity index (χ1) is 7.15. The highest BCUT2D eigenvalue weighted by molar-refractivity contribution is 9.10. The molecule has 1 nitrogen and oxygen atoms in total. The molecule has 0 amide bonds. The number of halogens is 2. The van der Waals surface area contributed by atoms with Crippen LogP contribution in [0.25, 0.3) is 0 Å². The van der Waals surface area contributed by atoms with Crippen molar-refractivity contribution in [1.29, 1.82) is 0 Å². The van der Waals surface area contributed by atoms with Gasteiger partial charge in [-0.15, -0.1) is 0 Å². The van der Waals surface area contributed by atoms with Crippen LogP contribution in [-0.4, -0.2) is 5.78 Å². The van der Waals surface area contributed by atoms with Crippen LogP contribution in [0.3, 0.4) is 0 Å². The Labute approximate surface area is 103 Å². The van der Waals surface area contributed by atoms with Gasteiger partial charge in [-0.2, -0.15) is 0 Å². The van der Waals surface area contributed by atoms with Crippen molar-refractivity contribution in [3.63, 3.8) is 0 Å². The molecule has 0 heterocycles. The van der Waals surface area contributed by atoms with E-state index in [1.54, 1.807) is 0 Å². The normalized spacial score (nSPS) is 20.9. The van der Waals surface area contributed by atoms with Crippen LogP contribution in [0.4, 0.5) is 0 Å². The molecular weight excluding hydrogens is 275 g/mol. The van der Waals surface area contributed by atoms with Gasteiger partial charge in [-0.3, -0.25) is 4.79 Å². The molecule has 80 valence electrons. The van der Waals surface area contributed by atoms with Crippen molar-refractivity contribution in [3.05, 3.63) is 33.3 Å². The predicted octanol–water partition coefficient (Wildman–Crippen LogP) is 4.01. The summed E-state index contributed by atoms with van der Waals surface area (Å²) in [5, 5.41) is 0.762. The van der Waals surface area contributed by atoms with E-state index in [9.17, 15) is 4.79 Å². The van der Waals surface area contributed by atoms with Gasteiger partial charge in [0.15, 0.2) is 0 Å². The van der Waals surface area contributed by atoms with Gasteiger partial charge >= 0.3 is 0 Å². The molecule has 15 heavy (non-hydrogen) atoms. The lowest BCUT2D eigenvalue weighted by Crippen LogP contribution is -2.01. The molecule has 3 heteroatoms. The zero-order valence-corrected chi connectivity index (χ0v) is 10.6. The number of hydrogen-bond donors (Lipinski definition) is 0. The first-order valence-corrected chi connectivity index (χ1v) is 6.28. The van der Waals surface area contributed by atoms with Crippen molar-refractivity contribution < 1.29 is 4.79 Å². The highest BCUT2D eigenvalue weighted by Gasteiger charge is 2.22. The van der Waals surface area contributed by atoms with Gasteiger partial charge in [-0.05, 0) is 42.5 Å². The van der Waals surface area contributed by atoms with Crippen molar-refractivity contribution in [1.82, 2.24) is 0 Å². The average molecular weight is 288 g/mol. The summed E-state index contributed by atoms with van der Waals surface area (Å²) in [5.74, 6) is 0.908. The van der Waals surface area contributed by atoms with Crippen molar-refractivity contribution in [2.24, 2.45) is 5.92 Å². The summed E-state index contributed by atoms with van der Waals surface area (Å²) in [6.45, 7) is 0. The van der Waals surface area contributed by atoms with E-state index < -0.39 is 0 Å². The third kappa shape index (κ3) is 2.82. The lowest BCUT2D eigenvalue weighted by atomic mass is 9.98. The quantitative estimate of drug-likeness (QED) is 0.803. The molecule has 0 aliphatic heterocycles. The zero-order valence-electron chi connectivity index (χ0n) is 8.30. The Morgan fingerprint density at radius 1 is 1.47 bits per heavy atom. The van der Waals surface area contributed by atoms with Gasteiger partial charge in [0.25, 0.3) is 0 Å². The molecule has 1 aromatic carbocycles. The molecule has 1 aromatic rings. The van der Waals surface area contributed by atoms with Crippen LogP contribution in [0.2, 0.25) is 5.02 Å². The Hall–Kier alpha value is -0.340. The second-order valence-electron chi connectivity index (χ2n) is 4.09. The minimum atomic E-state index is 0.401. The smallest absolute Gasteiger partial charge is 0.133 e. The molecule has 0 radical (unpaired) electrons. The molecule has 1 fully saturated rings. The minimum Gasteiger partial charge on any atom is -0.300 e. The number of hydrogen-bond acceptors (Lipinski definition) is 1. The van der Waals surface area contributed by atoms with Crippen molar-refractivity contribution in [3.8, 4) is 0 Å². The van der Waals surface area contributed by atoms with Gasteiger partial charge in [-0.1, -0.05) is 27.5 Å². The van der Waals surface area contributed by atoms with Crippen LogP contribution in [0.15, 0.2) is 22.7 Å². The number of carbonyl (C=O) groups excluding carboxylic acids is 1. The summed E-state index contributed by atoms with van der Waals surface area (Å²) in [6, 6.07) is 5.82. The Morgan fingerprint density at radius 3 is 2.93 bits per heavy atom. The molecular formula is C12H12BrClO. The van der Waals surface area contributed by atoms with Crippen LogP contribution in [0.5, 0.6) is 0 Å². The predicted molar refractivity (Wildman–Crippen MR) is 65.2 cm³/mol. The molecule has 1 unspecified atom stereocenters. The first-order valence-electron chi connectivity index (χ1n) is 5.11. The maximum Gasteiger partial charge on any atom is 0.133 e. The molecule has 0 saturated heterocycles. The number of ketones is 1. The molecule has 1 atom stereocenters. The second-order valence-corrected chi connectivity index (χ2v) is 5.38. The van der Waals surface area contributed by atoms with E-state index in [-0.39, 0.29) is 0 Å². The van der Waals surface area contributed by atoms with Gasteiger partial charge in [0, 0.05) is 22.3 Å². The number of benzene rings is 1. The minimum absolute atomic E-state index is 0.401. The van der Waals surface area contributed by atoms with E-state index in [1.807, 2.05) is 18.2 Å². The summed E-state index contributed by atoms with van der Waals surface area (Å²) in [4.78, 5) is 11.2. The van der Waals surface area contributed by atoms with E-state index in [1.165, 1.54) is 5.56 Å². The standard InChI is InChI=1S/C12H12BrClO/c13-12-4-2-10(14)7-9(12)5-8-1-3-11(15)6-8/h2,4,7-8H,1,3,5-6H2. The third-order valence-electron chi connectivity index (χ3n) is 2.86. The molecule has 0 spiro atoms. The van der Waals surface area contributed by atoms with Gasteiger partial charge in [0.1, 0.15) is 5.78 Å². The Kier molecular flexibility index (Phi) is 3.47. The lowest BCUT2D eigenvalue weighted by molar-refractivity contribution is -0.117. The summed E-state index contributed by atoms with van der Waals surface area (Å²) >= 11 is 9.45. The van der Waals surface area contributed by atoms with Gasteiger partial charge < -0.3 is 0 Å². The molecule has 0 aromatic heterocycles. The summed E-state index contributed by atoms with van der Waals surface area (Å²) < 4.78 is 1.09. The van der Waals surface area contributed by atoms with E-state index >= 15 is 0 Å². The molecule has 0 bridgehead atoms. The van der Waals surface area contributed by atoms with Crippen LogP contribution in [0.1, 0.15) is 24.8 Å². The molecule has 1 aliphatic rings. The molecule has 2 rings (SSSR count). The second kappa shape index (κ2) is 4.67. The fraction of sp³-hybridized carbons (Fsp3) is 0.417. The van der Waals surface area contributed by atoms with Crippen molar-refractivity contribution in [2.45, 2.75) is 25.7 Å². The van der Waals surface area contributed by atoms with E-state index in [4.69, 9.17) is 11.6 Å². The fourth-order valence-corrected chi connectivity index (χ4v) is 2.68. The third-order valence-corrected chi connectivity index (χ3v) is 3.87. The average Bonchev–Trinajstić information content (AvgIpc) is 2.58. The van der Waals surface area contributed by atoms with E-state index in [2.05, 4.69) is 15.9 Å². The number of rotatable bonds is 2. The summed E-state index contributed by atoms with van der Waals surface area (Å²) in [6.07, 6.45) is 3.46. The maximum atomic E-state index is 11.2. The number of carbonyl (C=O) groups is 1. The zero-order chi connectivity index (χ0) is 10.8. The van der Waals surface area contributed by atoms with E-state index in [0.29, 0.717) is 11.7 Å². The molecule has 0 N–H and O–H groups in total. The van der Waals surface area contributed by atoms with Crippen LogP contribution >= 0.6 is 27.5 Å². The number of Topliss-reactive ketones (excluding diaryl/α,β-unsaturated/α-hetero) is 1. The molecule has 1 saturated carbocycles. The van der Waals surface area contributed by atoms with Gasteiger partial charge in [-0.25, -0.2) is 0 Å². The Morgan fingerprint density at radius 2 is 2.27 bits per heavy atom. The van der Waals surface area contributed by atoms with Crippen LogP contribution in [-0.2, 0) is 11.2 Å². The fourth-order valence-electron chi connectivity index (χ4n) is 2.08. The van der Waals surface area contributed by atoms with Gasteiger partial charge in [0.05, 0.1) is 0 Å². The van der Waals surface area contributed by atoms with Crippen LogP contribution < -0.4 is 0 Å². The molecule has 1 aliphatic carbocycles. The highest BCUT2D eigenvalue weighted by atomic mass is 79.9. The Balaban J connectivity index is 2.10. The largest absolute Gasteiger partial charge is 0.300 e. The summed E-state index contributed by atoms with van der Waals surface area (Å²) in [5.41, 5.74) is 1.21. The highest BCUT2D eigenvalue weighted by Crippen LogP contribution is 2.30. The van der Waals surface area contributed by atoms with Crippen molar-refractivity contribution in [2.75, 3.05) is 0 Å². The first kappa shape index (κ1) is 11.2. The lowest BCUT2D eigenvalue weighted by Gasteiger charge is -2.10. The maximum absolute atomic E-state index is 11.2. The van der Waals surface area contributed by atoms with E-state index in [0.717, 1.165) is 35.2 Å². The monoisotopic (exact) mass is 286 g/mol.